The van der Waals surface area contributed by atoms with E-state index < -0.39 is 5.91 Å². The summed E-state index contributed by atoms with van der Waals surface area (Å²) in [6.07, 6.45) is 4.66. The van der Waals surface area contributed by atoms with Gasteiger partial charge in [-0.15, -0.1) is 0 Å². The molecule has 0 aromatic rings. The van der Waals surface area contributed by atoms with Gasteiger partial charge in [0.1, 0.15) is 0 Å². The number of nitrogens with two attached hydrogens (primary N) is 1. The van der Waals surface area contributed by atoms with Crippen molar-refractivity contribution < 1.29 is 4.79 Å². The number of primary amides is 1. The molecule has 0 radical (unpaired) electrons. The van der Waals surface area contributed by atoms with Crippen LogP contribution in [-0.4, -0.2) is 5.91 Å². The SMILES string of the molecule is C=C/C=C\C(=C)C(N)=O. The van der Waals surface area contributed by atoms with E-state index in [4.69, 9.17) is 5.73 Å². The van der Waals surface area contributed by atoms with Crippen molar-refractivity contribution in [2.75, 3.05) is 0 Å². The summed E-state index contributed by atoms with van der Waals surface area (Å²) in [6, 6.07) is 0. The van der Waals surface area contributed by atoms with Crippen molar-refractivity contribution in [2.24, 2.45) is 5.73 Å². The van der Waals surface area contributed by atoms with Crippen LogP contribution in [0, 0.1) is 0 Å². The molecule has 0 atom stereocenters. The zero-order chi connectivity index (χ0) is 7.28. The summed E-state index contributed by atoms with van der Waals surface area (Å²) in [4.78, 5) is 10.2. The topological polar surface area (TPSA) is 43.1 Å². The van der Waals surface area contributed by atoms with Crippen LogP contribution < -0.4 is 5.73 Å². The molecule has 0 aliphatic carbocycles. The zero-order valence-corrected chi connectivity index (χ0v) is 5.13. The van der Waals surface area contributed by atoms with Gasteiger partial charge in [0.15, 0.2) is 0 Å². The summed E-state index contributed by atoms with van der Waals surface area (Å²) in [6.45, 7) is 6.79. The van der Waals surface area contributed by atoms with E-state index in [1.165, 1.54) is 6.08 Å². The van der Waals surface area contributed by atoms with Gasteiger partial charge in [0.05, 0.1) is 0 Å². The molecule has 9 heavy (non-hydrogen) atoms. The molecule has 2 N–H and O–H groups in total. The van der Waals surface area contributed by atoms with E-state index in [2.05, 4.69) is 13.2 Å². The molecule has 0 aromatic heterocycles. The second-order valence-corrected chi connectivity index (χ2v) is 1.48. The van der Waals surface area contributed by atoms with Crippen LogP contribution in [0.4, 0.5) is 0 Å². The number of allylic oxidation sites excluding steroid dienone is 2. The third-order valence-corrected chi connectivity index (χ3v) is 0.750. The van der Waals surface area contributed by atoms with Gasteiger partial charge in [0.2, 0.25) is 5.91 Å². The Balaban J connectivity index is 3.92. The Labute approximate surface area is 54.4 Å². The van der Waals surface area contributed by atoms with E-state index in [0.717, 1.165) is 0 Å². The van der Waals surface area contributed by atoms with Crippen LogP contribution in [0.25, 0.3) is 0 Å². The van der Waals surface area contributed by atoms with Crippen molar-refractivity contribution in [3.63, 3.8) is 0 Å². The Bertz CT molecular complexity index is 168. The van der Waals surface area contributed by atoms with Crippen molar-refractivity contribution in [1.29, 1.82) is 0 Å². The molecule has 0 rings (SSSR count). The Hall–Kier alpha value is -1.31. The molecule has 0 bridgehead atoms. The van der Waals surface area contributed by atoms with Gasteiger partial charge in [-0.05, 0) is 0 Å². The van der Waals surface area contributed by atoms with Gasteiger partial charge in [-0.25, -0.2) is 0 Å². The highest BCUT2D eigenvalue weighted by Gasteiger charge is 1.91. The van der Waals surface area contributed by atoms with E-state index in [0.29, 0.717) is 0 Å². The molecule has 48 valence electrons. The number of rotatable bonds is 3. The van der Waals surface area contributed by atoms with Crippen molar-refractivity contribution in [2.45, 2.75) is 0 Å². The van der Waals surface area contributed by atoms with E-state index in [1.807, 2.05) is 0 Å². The monoisotopic (exact) mass is 123 g/mol. The molecule has 0 aliphatic rings. The normalized spacial score (nSPS) is 9.33. The smallest absolute Gasteiger partial charge is 0.248 e. The molecule has 0 saturated carbocycles. The van der Waals surface area contributed by atoms with Gasteiger partial charge >= 0.3 is 0 Å². The number of hydrogen-bond acceptors (Lipinski definition) is 1. The van der Waals surface area contributed by atoms with Crippen molar-refractivity contribution >= 4 is 5.91 Å². The molecule has 2 nitrogen and oxygen atoms in total. The van der Waals surface area contributed by atoms with Crippen LogP contribution in [0.5, 0.6) is 0 Å². The van der Waals surface area contributed by atoms with E-state index in [9.17, 15) is 4.79 Å². The average molecular weight is 123 g/mol. The lowest BCUT2D eigenvalue weighted by atomic mass is 10.3. The van der Waals surface area contributed by atoms with E-state index in [-0.39, 0.29) is 5.57 Å². The maximum absolute atomic E-state index is 10.2. The van der Waals surface area contributed by atoms with Crippen LogP contribution in [-0.2, 0) is 4.79 Å². The Morgan fingerprint density at radius 1 is 1.56 bits per heavy atom. The predicted molar refractivity (Wildman–Crippen MR) is 37.7 cm³/mol. The molecule has 0 unspecified atom stereocenters. The fraction of sp³-hybridized carbons (Fsp3) is 0. The first-order valence-corrected chi connectivity index (χ1v) is 2.46. The van der Waals surface area contributed by atoms with Crippen LogP contribution in [0.15, 0.2) is 37.0 Å². The van der Waals surface area contributed by atoms with Gasteiger partial charge in [0.25, 0.3) is 0 Å². The lowest BCUT2D eigenvalue weighted by Crippen LogP contribution is -2.11. The highest BCUT2D eigenvalue weighted by molar-refractivity contribution is 5.94. The summed E-state index contributed by atoms with van der Waals surface area (Å²) in [5.41, 5.74) is 5.14. The minimum atomic E-state index is -0.506. The standard InChI is InChI=1S/C7H9NO/c1-3-4-5-6(2)7(8)9/h3-5H,1-2H2,(H2,8,9)/b5-4-. The van der Waals surface area contributed by atoms with Crippen molar-refractivity contribution in [3.8, 4) is 0 Å². The second-order valence-electron chi connectivity index (χ2n) is 1.48. The largest absolute Gasteiger partial charge is 0.366 e. The summed E-state index contributed by atoms with van der Waals surface area (Å²) in [5.74, 6) is -0.506. The van der Waals surface area contributed by atoms with Crippen LogP contribution in [0.2, 0.25) is 0 Å². The number of carbonyl (C=O) groups is 1. The van der Waals surface area contributed by atoms with Gasteiger partial charge in [0, 0.05) is 5.57 Å². The molecule has 0 fully saturated rings. The quantitative estimate of drug-likeness (QED) is 0.437. The molecule has 0 saturated heterocycles. The molecule has 1 amide bonds. The van der Waals surface area contributed by atoms with E-state index in [1.54, 1.807) is 12.2 Å². The Kier molecular flexibility index (Phi) is 3.13. The average Bonchev–Trinajstić information content (AvgIpc) is 1.82. The van der Waals surface area contributed by atoms with Crippen LogP contribution in [0.3, 0.4) is 0 Å². The maximum Gasteiger partial charge on any atom is 0.248 e. The zero-order valence-electron chi connectivity index (χ0n) is 5.13. The van der Waals surface area contributed by atoms with Gasteiger partial charge < -0.3 is 5.73 Å². The van der Waals surface area contributed by atoms with Gasteiger partial charge in [-0.2, -0.15) is 0 Å². The second kappa shape index (κ2) is 3.66. The highest BCUT2D eigenvalue weighted by atomic mass is 16.1. The molecular weight excluding hydrogens is 114 g/mol. The lowest BCUT2D eigenvalue weighted by Gasteiger charge is -1.86. The summed E-state index contributed by atoms with van der Waals surface area (Å²) in [5, 5.41) is 0. The molecule has 0 spiro atoms. The third kappa shape index (κ3) is 3.29. The minimum Gasteiger partial charge on any atom is -0.366 e. The highest BCUT2D eigenvalue weighted by Crippen LogP contribution is 1.89. The van der Waals surface area contributed by atoms with Crippen molar-refractivity contribution in [1.82, 2.24) is 0 Å². The summed E-state index contributed by atoms with van der Waals surface area (Å²) < 4.78 is 0. The lowest BCUT2D eigenvalue weighted by molar-refractivity contribution is -0.114. The first-order chi connectivity index (χ1) is 4.18. The Morgan fingerprint density at radius 3 is 2.44 bits per heavy atom. The summed E-state index contributed by atoms with van der Waals surface area (Å²) >= 11 is 0. The van der Waals surface area contributed by atoms with Crippen LogP contribution in [0.1, 0.15) is 0 Å². The molecule has 0 aromatic carbocycles. The first-order valence-electron chi connectivity index (χ1n) is 2.46. The fourth-order valence-electron chi connectivity index (χ4n) is 0.266. The molecule has 2 heteroatoms. The number of amides is 1. The molecular formula is C7H9NO. The van der Waals surface area contributed by atoms with Crippen LogP contribution >= 0.6 is 0 Å². The van der Waals surface area contributed by atoms with Gasteiger partial charge in [-0.3, -0.25) is 4.79 Å². The third-order valence-electron chi connectivity index (χ3n) is 0.750. The summed E-state index contributed by atoms with van der Waals surface area (Å²) in [7, 11) is 0. The first kappa shape index (κ1) is 7.69. The molecule has 0 aliphatic heterocycles. The molecule has 0 heterocycles. The minimum absolute atomic E-state index is 0.287. The van der Waals surface area contributed by atoms with E-state index >= 15 is 0 Å². The predicted octanol–water partition coefficient (Wildman–Crippen LogP) is 0.770. The Morgan fingerprint density at radius 2 is 2.11 bits per heavy atom. The maximum atomic E-state index is 10.2. The number of carbonyl (C=O) groups excluding carboxylic acids is 1. The fourth-order valence-corrected chi connectivity index (χ4v) is 0.266. The number of hydrogen-bond donors (Lipinski definition) is 1. The van der Waals surface area contributed by atoms with Crippen molar-refractivity contribution in [3.05, 3.63) is 37.0 Å². The van der Waals surface area contributed by atoms with Gasteiger partial charge in [-0.1, -0.05) is 31.4 Å².